The lowest BCUT2D eigenvalue weighted by molar-refractivity contribution is -0.144. The first-order chi connectivity index (χ1) is 31.0. The van der Waals surface area contributed by atoms with E-state index in [0.717, 1.165) is 51.2 Å². The summed E-state index contributed by atoms with van der Waals surface area (Å²) in [5.41, 5.74) is 18.5. The predicted octanol–water partition coefficient (Wildman–Crippen LogP) is 10.5. The molecule has 2 aliphatic heterocycles. The first kappa shape index (κ1) is 46.9. The molecule has 0 aliphatic carbocycles. The number of nitrogens with one attached hydrogen (secondary N) is 2. The molecule has 0 bridgehead atoms. The smallest absolute Gasteiger partial charge is 0.242 e. The van der Waals surface area contributed by atoms with Crippen molar-refractivity contribution in [2.75, 3.05) is 23.7 Å². The molecule has 0 fully saturated rings. The first-order valence-electron chi connectivity index (χ1n) is 21.9. The first-order valence-corrected chi connectivity index (χ1v) is 21.9. The summed E-state index contributed by atoms with van der Waals surface area (Å²) in [5, 5.41) is 10.7. The van der Waals surface area contributed by atoms with E-state index < -0.39 is 22.2 Å². The Bertz CT molecular complexity index is 2800. The topological polar surface area (TPSA) is 175 Å². The van der Waals surface area contributed by atoms with Crippen LogP contribution in [-0.4, -0.2) is 64.9 Å². The van der Waals surface area contributed by atoms with Crippen LogP contribution in [0.3, 0.4) is 0 Å². The maximum absolute atomic E-state index is 13.6. The van der Waals surface area contributed by atoms with Crippen molar-refractivity contribution in [3.05, 3.63) is 142 Å². The molecule has 0 spiro atoms. The van der Waals surface area contributed by atoms with Crippen LogP contribution in [0.4, 0.5) is 31.8 Å². The monoisotopic (exact) mass is 896 g/mol. The van der Waals surface area contributed by atoms with Gasteiger partial charge in [0.2, 0.25) is 11.8 Å². The summed E-state index contributed by atoms with van der Waals surface area (Å²) in [6.45, 7) is 20.6. The Morgan fingerprint density at radius 3 is 1.35 bits per heavy atom. The van der Waals surface area contributed by atoms with Gasteiger partial charge in [0.1, 0.15) is 51.8 Å². The lowest BCUT2D eigenvalue weighted by Gasteiger charge is -2.44. The summed E-state index contributed by atoms with van der Waals surface area (Å²) in [7, 11) is 0. The number of amides is 2. The van der Waals surface area contributed by atoms with Crippen LogP contribution in [0.5, 0.6) is 0 Å². The third-order valence-corrected chi connectivity index (χ3v) is 12.2. The summed E-state index contributed by atoms with van der Waals surface area (Å²) in [4.78, 5) is 42.7. The third kappa shape index (κ3) is 9.24. The minimum Gasteiger partial charge on any atom is -0.340 e. The van der Waals surface area contributed by atoms with E-state index in [0.29, 0.717) is 37.7 Å². The molecule has 0 atom stereocenters. The molecule has 2 aromatic heterocycles. The second-order valence-electron chi connectivity index (χ2n) is 19.1. The SMILES string of the molecule is Cc1ccc(Nc2c(-c3ccc(F)cc3)nc3n2CCN(C(=O)C(C)(C)N)C3(C)C)cc1.Cc1ccc(Nc2c(-c3ccc(F)cc3)nc3n2CCN(C(=O)C(C)(C)N=[N+]=[N-])C3(C)C)cc1. The van der Waals surface area contributed by atoms with E-state index in [1.54, 1.807) is 61.8 Å². The van der Waals surface area contributed by atoms with Crippen molar-refractivity contribution in [3.63, 3.8) is 0 Å². The van der Waals surface area contributed by atoms with Crippen molar-refractivity contribution < 1.29 is 18.4 Å². The molecular weight excluding hydrogens is 839 g/mol. The fraction of sp³-hybridized carbons (Fsp3) is 0.360. The Balaban J connectivity index is 0.000000197. The molecule has 2 aliphatic rings. The Morgan fingerprint density at radius 1 is 0.636 bits per heavy atom. The van der Waals surface area contributed by atoms with Crippen molar-refractivity contribution in [2.24, 2.45) is 10.8 Å². The number of imidazole rings is 2. The summed E-state index contributed by atoms with van der Waals surface area (Å²) >= 11 is 0. The Morgan fingerprint density at radius 2 is 1.00 bits per heavy atom. The van der Waals surface area contributed by atoms with E-state index in [1.165, 1.54) is 29.8 Å². The van der Waals surface area contributed by atoms with Gasteiger partial charge in [-0.3, -0.25) is 9.59 Å². The number of nitrogens with two attached hydrogens (primary N) is 1. The second kappa shape index (κ2) is 17.7. The minimum absolute atomic E-state index is 0.117. The molecule has 8 rings (SSSR count). The number of azide groups is 1. The van der Waals surface area contributed by atoms with Gasteiger partial charge in [0.25, 0.3) is 0 Å². The zero-order valence-corrected chi connectivity index (χ0v) is 39.2. The van der Waals surface area contributed by atoms with E-state index in [1.807, 2.05) is 90.1 Å². The van der Waals surface area contributed by atoms with Crippen LogP contribution in [0, 0.1) is 25.5 Å². The highest BCUT2D eigenvalue weighted by Gasteiger charge is 2.46. The Labute approximate surface area is 384 Å². The molecule has 16 heteroatoms. The van der Waals surface area contributed by atoms with Crippen LogP contribution in [0.25, 0.3) is 33.0 Å². The van der Waals surface area contributed by atoms with Crippen LogP contribution in [0.15, 0.2) is 102 Å². The zero-order valence-electron chi connectivity index (χ0n) is 39.2. The lowest BCUT2D eigenvalue weighted by atomic mass is 9.94. The molecule has 0 saturated heterocycles. The van der Waals surface area contributed by atoms with Crippen molar-refractivity contribution in [2.45, 2.75) is 104 Å². The summed E-state index contributed by atoms with van der Waals surface area (Å²) in [5.74, 6) is 2.05. The van der Waals surface area contributed by atoms with Gasteiger partial charge in [0.05, 0.1) is 16.6 Å². The average molecular weight is 897 g/mol. The van der Waals surface area contributed by atoms with Gasteiger partial charge in [0, 0.05) is 53.6 Å². The van der Waals surface area contributed by atoms with Gasteiger partial charge in [-0.1, -0.05) is 40.5 Å². The number of aromatic nitrogens is 4. The van der Waals surface area contributed by atoms with E-state index in [-0.39, 0.29) is 23.4 Å². The largest absolute Gasteiger partial charge is 0.340 e. The predicted molar refractivity (Wildman–Crippen MR) is 255 cm³/mol. The van der Waals surface area contributed by atoms with Gasteiger partial charge in [-0.05, 0) is 148 Å². The number of hydrogen-bond donors (Lipinski definition) is 3. The molecule has 66 heavy (non-hydrogen) atoms. The van der Waals surface area contributed by atoms with Gasteiger partial charge in [-0.25, -0.2) is 18.7 Å². The van der Waals surface area contributed by atoms with Crippen LogP contribution in [-0.2, 0) is 33.8 Å². The second-order valence-corrected chi connectivity index (χ2v) is 19.1. The molecule has 0 saturated carbocycles. The number of halogens is 2. The van der Waals surface area contributed by atoms with Crippen LogP contribution >= 0.6 is 0 Å². The number of nitrogens with zero attached hydrogens (tertiary/aromatic N) is 9. The highest BCUT2D eigenvalue weighted by Crippen LogP contribution is 2.42. The lowest BCUT2D eigenvalue weighted by Crippen LogP contribution is -2.60. The molecule has 344 valence electrons. The standard InChI is InChI=1S/C25H28FN7O.C25H30FN5O/c1-16-6-12-19(13-7-16)28-21-20(17-8-10-18(26)11-9-17)29-22-25(4,5)33(15-14-32(21)22)23(34)24(2,3)30-31-27;1-16-6-12-19(13-7-16)28-21-20(17-8-10-18(26)11-9-17)29-22-25(4,5)31(15-14-30(21)22)23(32)24(2,3)27/h6-13,28H,14-15H2,1-5H3;6-13,28H,14-15,27H2,1-5H3. The van der Waals surface area contributed by atoms with Crippen molar-refractivity contribution in [1.82, 2.24) is 28.9 Å². The fourth-order valence-corrected chi connectivity index (χ4v) is 8.44. The number of fused-ring (bicyclic) bond motifs is 2. The molecule has 0 radical (unpaired) electrons. The molecule has 4 N–H and O–H groups in total. The van der Waals surface area contributed by atoms with Gasteiger partial charge in [-0.15, -0.1) is 0 Å². The molecule has 14 nitrogen and oxygen atoms in total. The quantitative estimate of drug-likeness (QED) is 0.0735. The number of carbonyl (C=O) groups is 2. The number of aryl methyl sites for hydroxylation is 2. The minimum atomic E-state index is -1.22. The van der Waals surface area contributed by atoms with Crippen molar-refractivity contribution in [1.29, 1.82) is 0 Å². The van der Waals surface area contributed by atoms with Gasteiger partial charge >= 0.3 is 0 Å². The van der Waals surface area contributed by atoms with Crippen molar-refractivity contribution >= 4 is 34.8 Å². The molecule has 4 heterocycles. The number of rotatable bonds is 9. The van der Waals surface area contributed by atoms with Crippen LogP contribution in [0.2, 0.25) is 0 Å². The maximum atomic E-state index is 13.6. The molecular formula is C50H58F2N12O2. The third-order valence-electron chi connectivity index (χ3n) is 12.2. The maximum Gasteiger partial charge on any atom is 0.242 e. The fourth-order valence-electron chi connectivity index (χ4n) is 8.44. The summed E-state index contributed by atoms with van der Waals surface area (Å²) in [6, 6.07) is 28.7. The van der Waals surface area contributed by atoms with Crippen LogP contribution in [0.1, 0.15) is 78.2 Å². The van der Waals surface area contributed by atoms with Crippen molar-refractivity contribution in [3.8, 4) is 22.5 Å². The molecule has 0 unspecified atom stereocenters. The molecule has 2 amide bonds. The highest BCUT2D eigenvalue weighted by molar-refractivity contribution is 5.87. The number of carbonyl (C=O) groups excluding carboxylic acids is 2. The number of hydrogen-bond acceptors (Lipinski definition) is 8. The number of benzene rings is 4. The van der Waals surface area contributed by atoms with Crippen LogP contribution < -0.4 is 16.4 Å². The normalized spacial score (nSPS) is 15.1. The van der Waals surface area contributed by atoms with E-state index in [4.69, 9.17) is 21.2 Å². The van der Waals surface area contributed by atoms with Gasteiger partial charge in [0.15, 0.2) is 0 Å². The summed E-state index contributed by atoms with van der Waals surface area (Å²) in [6.07, 6.45) is 0. The molecule has 4 aromatic carbocycles. The average Bonchev–Trinajstić information content (AvgIpc) is 3.82. The summed E-state index contributed by atoms with van der Waals surface area (Å²) < 4.78 is 31.4. The van der Waals surface area contributed by atoms with Gasteiger partial charge in [-0.2, -0.15) is 0 Å². The Kier molecular flexibility index (Phi) is 12.6. The van der Waals surface area contributed by atoms with E-state index >= 15 is 0 Å². The van der Waals surface area contributed by atoms with E-state index in [2.05, 4.69) is 29.8 Å². The molecule has 6 aromatic rings. The number of anilines is 4. The van der Waals surface area contributed by atoms with Gasteiger partial charge < -0.3 is 35.3 Å². The highest BCUT2D eigenvalue weighted by atomic mass is 19.1. The zero-order chi connectivity index (χ0) is 47.9. The van der Waals surface area contributed by atoms with E-state index in [9.17, 15) is 18.4 Å². The Hall–Kier alpha value is -7.03.